The Hall–Kier alpha value is -2.61. The largest absolute Gasteiger partial charge is 0.350 e. The first-order valence-electron chi connectivity index (χ1n) is 9.92. The number of carbonyl (C=O) groups is 2. The van der Waals surface area contributed by atoms with Gasteiger partial charge in [0.1, 0.15) is 11.4 Å². The Morgan fingerprint density at radius 2 is 1.93 bits per heavy atom. The zero-order valence-electron chi connectivity index (χ0n) is 17.4. The number of pyridine rings is 1. The summed E-state index contributed by atoms with van der Waals surface area (Å²) >= 11 is 1.62. The number of fused-ring (bicyclic) bond motifs is 1. The van der Waals surface area contributed by atoms with Crippen LogP contribution in [-0.2, 0) is 17.8 Å². The number of aromatic nitrogens is 1. The van der Waals surface area contributed by atoms with Crippen molar-refractivity contribution in [3.05, 3.63) is 63.3 Å². The molecule has 0 aliphatic carbocycles. The van der Waals surface area contributed by atoms with Crippen molar-refractivity contribution in [2.45, 2.75) is 39.3 Å². The van der Waals surface area contributed by atoms with Crippen molar-refractivity contribution in [1.82, 2.24) is 14.8 Å². The molecule has 1 aromatic heterocycles. The van der Waals surface area contributed by atoms with E-state index in [-0.39, 0.29) is 17.5 Å². The van der Waals surface area contributed by atoms with Crippen molar-refractivity contribution in [3.63, 3.8) is 0 Å². The second kappa shape index (κ2) is 9.47. The average Bonchev–Trinajstić information content (AvgIpc) is 2.71. The maximum atomic E-state index is 13.4. The van der Waals surface area contributed by atoms with Crippen LogP contribution in [-0.4, -0.2) is 45.9 Å². The number of nitrogens with one attached hydrogen (secondary N) is 1. The molecule has 0 unspecified atom stereocenters. The lowest BCUT2D eigenvalue weighted by molar-refractivity contribution is -0.131. The summed E-state index contributed by atoms with van der Waals surface area (Å²) in [7, 11) is 0. The Balaban J connectivity index is 2.08. The topological polar surface area (TPSA) is 71.4 Å². The number of thioether (sulfide) groups is 1. The van der Waals surface area contributed by atoms with Crippen molar-refractivity contribution in [2.75, 3.05) is 18.6 Å². The Morgan fingerprint density at radius 1 is 1.23 bits per heavy atom. The highest BCUT2D eigenvalue weighted by Gasteiger charge is 2.28. The zero-order chi connectivity index (χ0) is 21.8. The van der Waals surface area contributed by atoms with Gasteiger partial charge in [0.2, 0.25) is 5.91 Å². The molecule has 8 heteroatoms. The fourth-order valence-corrected chi connectivity index (χ4v) is 3.96. The molecule has 0 radical (unpaired) electrons. The van der Waals surface area contributed by atoms with Crippen molar-refractivity contribution in [3.8, 4) is 5.69 Å². The number of rotatable bonds is 6. The fourth-order valence-electron chi connectivity index (χ4n) is 3.58. The van der Waals surface area contributed by atoms with E-state index in [1.54, 1.807) is 22.9 Å². The molecule has 0 fully saturated rings. The summed E-state index contributed by atoms with van der Waals surface area (Å²) in [5.41, 5.74) is 1.57. The van der Waals surface area contributed by atoms with E-state index in [1.165, 1.54) is 28.8 Å². The summed E-state index contributed by atoms with van der Waals surface area (Å²) in [4.78, 5) is 40.4. The van der Waals surface area contributed by atoms with Crippen LogP contribution in [0.4, 0.5) is 4.39 Å². The molecule has 6 nitrogen and oxygen atoms in total. The second-order valence-corrected chi connectivity index (χ2v) is 8.58. The predicted molar refractivity (Wildman–Crippen MR) is 117 cm³/mol. The summed E-state index contributed by atoms with van der Waals surface area (Å²) < 4.78 is 14.7. The number of hydrogen-bond acceptors (Lipinski definition) is 4. The van der Waals surface area contributed by atoms with Gasteiger partial charge >= 0.3 is 0 Å². The first kappa shape index (κ1) is 22.1. The van der Waals surface area contributed by atoms with E-state index in [4.69, 9.17) is 0 Å². The van der Waals surface area contributed by atoms with Crippen molar-refractivity contribution in [2.24, 2.45) is 0 Å². The second-order valence-electron chi connectivity index (χ2n) is 7.60. The average molecular weight is 432 g/mol. The van der Waals surface area contributed by atoms with Gasteiger partial charge in [0.25, 0.3) is 11.5 Å². The van der Waals surface area contributed by atoms with E-state index in [9.17, 15) is 18.8 Å². The van der Waals surface area contributed by atoms with Gasteiger partial charge < -0.3 is 10.2 Å². The van der Waals surface area contributed by atoms with Gasteiger partial charge in [-0.1, -0.05) is 0 Å². The summed E-state index contributed by atoms with van der Waals surface area (Å²) in [6, 6.07) is 5.41. The molecule has 0 saturated heterocycles. The number of amides is 2. The van der Waals surface area contributed by atoms with Crippen LogP contribution >= 0.6 is 11.8 Å². The smallest absolute Gasteiger partial charge is 0.268 e. The summed E-state index contributed by atoms with van der Waals surface area (Å²) in [5.74, 6) is -0.0278. The number of halogens is 1. The Morgan fingerprint density at radius 3 is 2.57 bits per heavy atom. The van der Waals surface area contributed by atoms with E-state index in [0.717, 1.165) is 11.3 Å². The Kier molecular flexibility index (Phi) is 6.97. The molecule has 2 amide bonds. The first-order chi connectivity index (χ1) is 14.3. The van der Waals surface area contributed by atoms with E-state index in [1.807, 2.05) is 20.1 Å². The number of hydrogen-bond donors (Lipinski definition) is 1. The Labute approximate surface area is 179 Å². The van der Waals surface area contributed by atoms with Crippen molar-refractivity contribution < 1.29 is 14.0 Å². The van der Waals surface area contributed by atoms with Crippen LogP contribution in [0.1, 0.15) is 41.8 Å². The third-order valence-electron chi connectivity index (χ3n) is 5.02. The molecule has 2 aromatic rings. The fraction of sp³-hybridized carbons (Fsp3) is 0.409. The molecular weight excluding hydrogens is 405 g/mol. The summed E-state index contributed by atoms with van der Waals surface area (Å²) in [6.07, 6.45) is 4.53. The molecule has 1 aliphatic rings. The van der Waals surface area contributed by atoms with Crippen molar-refractivity contribution >= 4 is 23.6 Å². The lowest BCUT2D eigenvalue weighted by Crippen LogP contribution is -2.42. The number of nitrogens with zero attached hydrogens (tertiary/aromatic N) is 2. The standard InChI is InChI=1S/C22H26FN3O3S/c1-14(2)24-21(28)20-18-8-10-25(19(27)9-11-30-3)12-15(18)13-26(22(20)29)17-6-4-16(23)5-7-17/h4-7,13-14H,8-12H2,1-3H3,(H,24,28). The molecule has 2 heterocycles. The molecule has 0 saturated carbocycles. The lowest BCUT2D eigenvalue weighted by atomic mass is 9.95. The van der Waals surface area contributed by atoms with Gasteiger partial charge in [-0.05, 0) is 61.9 Å². The predicted octanol–water partition coefficient (Wildman–Crippen LogP) is 2.75. The van der Waals surface area contributed by atoms with Gasteiger partial charge in [0.15, 0.2) is 0 Å². The quantitative estimate of drug-likeness (QED) is 0.764. The van der Waals surface area contributed by atoms with E-state index in [0.29, 0.717) is 37.2 Å². The van der Waals surface area contributed by atoms with Crippen LogP contribution in [0, 0.1) is 5.82 Å². The van der Waals surface area contributed by atoms with Gasteiger partial charge in [-0.2, -0.15) is 11.8 Å². The molecule has 1 aliphatic heterocycles. The summed E-state index contributed by atoms with van der Waals surface area (Å²) in [5, 5.41) is 2.80. The van der Waals surface area contributed by atoms with E-state index < -0.39 is 17.3 Å². The van der Waals surface area contributed by atoms with Gasteiger partial charge in [-0.25, -0.2) is 4.39 Å². The third-order valence-corrected chi connectivity index (χ3v) is 5.64. The normalized spacial score (nSPS) is 13.3. The molecule has 160 valence electrons. The van der Waals surface area contributed by atoms with Crippen LogP contribution in [0.3, 0.4) is 0 Å². The minimum absolute atomic E-state index is 0.0581. The molecule has 0 bridgehead atoms. The molecule has 0 spiro atoms. The van der Waals surface area contributed by atoms with E-state index in [2.05, 4.69) is 5.32 Å². The van der Waals surface area contributed by atoms with E-state index >= 15 is 0 Å². The summed E-state index contributed by atoms with van der Waals surface area (Å²) in [6.45, 7) is 4.48. The minimum atomic E-state index is -0.444. The van der Waals surface area contributed by atoms with Gasteiger partial charge in [-0.3, -0.25) is 19.0 Å². The Bertz CT molecular complexity index is 1000. The molecular formula is C22H26FN3O3S. The molecule has 0 atom stereocenters. The van der Waals surface area contributed by atoms with Gasteiger partial charge in [0, 0.05) is 43.2 Å². The van der Waals surface area contributed by atoms with Crippen LogP contribution in [0.5, 0.6) is 0 Å². The molecule has 1 aromatic carbocycles. The van der Waals surface area contributed by atoms with Crippen LogP contribution < -0.4 is 10.9 Å². The maximum Gasteiger partial charge on any atom is 0.268 e. The third kappa shape index (κ3) is 4.75. The molecule has 30 heavy (non-hydrogen) atoms. The highest BCUT2D eigenvalue weighted by atomic mass is 32.2. The highest BCUT2D eigenvalue weighted by Crippen LogP contribution is 2.23. The first-order valence-corrected chi connectivity index (χ1v) is 11.3. The van der Waals surface area contributed by atoms with Crippen LogP contribution in [0.25, 0.3) is 5.69 Å². The van der Waals surface area contributed by atoms with Crippen LogP contribution in [0.2, 0.25) is 0 Å². The SMILES string of the molecule is CSCCC(=O)N1CCc2c(cn(-c3ccc(F)cc3)c(=O)c2C(=O)NC(C)C)C1. The molecule has 1 N–H and O–H groups in total. The van der Waals surface area contributed by atoms with Crippen molar-refractivity contribution in [1.29, 1.82) is 0 Å². The highest BCUT2D eigenvalue weighted by molar-refractivity contribution is 7.98. The van der Waals surface area contributed by atoms with Gasteiger partial charge in [-0.15, -0.1) is 0 Å². The monoisotopic (exact) mass is 431 g/mol. The minimum Gasteiger partial charge on any atom is -0.350 e. The van der Waals surface area contributed by atoms with Crippen LogP contribution in [0.15, 0.2) is 35.3 Å². The lowest BCUT2D eigenvalue weighted by Gasteiger charge is -2.30. The van der Waals surface area contributed by atoms with Gasteiger partial charge in [0.05, 0.1) is 0 Å². The molecule has 3 rings (SSSR count). The zero-order valence-corrected chi connectivity index (χ0v) is 18.2. The number of benzene rings is 1. The maximum absolute atomic E-state index is 13.4. The number of carbonyl (C=O) groups excluding carboxylic acids is 2.